The number of benzene rings is 1. The largest absolute Gasteiger partial charge is 0.381 e. The molecule has 20 heavy (non-hydrogen) atoms. The van der Waals surface area contributed by atoms with Crippen LogP contribution in [0.3, 0.4) is 0 Å². The van der Waals surface area contributed by atoms with E-state index in [1.165, 1.54) is 5.56 Å². The summed E-state index contributed by atoms with van der Waals surface area (Å²) in [4.78, 5) is 2.49. The molecule has 112 valence electrons. The number of hydrogen-bond acceptors (Lipinski definition) is 3. The molecule has 1 saturated heterocycles. The minimum absolute atomic E-state index is 0.0593. The summed E-state index contributed by atoms with van der Waals surface area (Å²) in [5, 5.41) is 0. The van der Waals surface area contributed by atoms with E-state index < -0.39 is 0 Å². The first-order valence-corrected chi connectivity index (χ1v) is 7.71. The molecular weight excluding hydrogens is 248 g/mol. The standard InChI is InChI=1S/C17H28N2O/c1-13(2)17(16(18)14-7-5-4-6-8-14)19(3)15-9-11-20-12-10-15/h4-8,13,15-17H,9-12,18H2,1-3H3. The fraction of sp³-hybridized carbons (Fsp3) is 0.647. The van der Waals surface area contributed by atoms with Crippen LogP contribution in [0.15, 0.2) is 30.3 Å². The van der Waals surface area contributed by atoms with Gasteiger partial charge < -0.3 is 10.5 Å². The van der Waals surface area contributed by atoms with Crippen LogP contribution in [0.4, 0.5) is 0 Å². The van der Waals surface area contributed by atoms with Crippen molar-refractivity contribution in [2.75, 3.05) is 20.3 Å². The van der Waals surface area contributed by atoms with E-state index in [0.717, 1.165) is 26.1 Å². The molecule has 0 saturated carbocycles. The van der Waals surface area contributed by atoms with E-state index in [1.807, 2.05) is 6.07 Å². The zero-order valence-electron chi connectivity index (χ0n) is 13.0. The fourth-order valence-electron chi connectivity index (χ4n) is 3.35. The van der Waals surface area contributed by atoms with E-state index in [9.17, 15) is 0 Å². The Balaban J connectivity index is 2.13. The third kappa shape index (κ3) is 3.60. The summed E-state index contributed by atoms with van der Waals surface area (Å²) in [6, 6.07) is 11.5. The Labute approximate surface area is 123 Å². The summed E-state index contributed by atoms with van der Waals surface area (Å²) in [6.07, 6.45) is 2.22. The Bertz CT molecular complexity index is 387. The summed E-state index contributed by atoms with van der Waals surface area (Å²) < 4.78 is 5.48. The molecule has 2 rings (SSSR count). The summed E-state index contributed by atoms with van der Waals surface area (Å²) in [5.74, 6) is 0.526. The van der Waals surface area contributed by atoms with Gasteiger partial charge in [0.25, 0.3) is 0 Å². The number of nitrogens with two attached hydrogens (primary N) is 1. The number of likely N-dealkylation sites (N-methyl/N-ethyl adjacent to an activating group) is 1. The first-order chi connectivity index (χ1) is 9.61. The van der Waals surface area contributed by atoms with Crippen molar-refractivity contribution in [3.05, 3.63) is 35.9 Å². The Morgan fingerprint density at radius 1 is 1.15 bits per heavy atom. The van der Waals surface area contributed by atoms with Crippen molar-refractivity contribution in [1.82, 2.24) is 4.90 Å². The van der Waals surface area contributed by atoms with Crippen LogP contribution in [0, 0.1) is 5.92 Å². The second-order valence-electron chi connectivity index (χ2n) is 6.18. The molecule has 2 N–H and O–H groups in total. The van der Waals surface area contributed by atoms with E-state index in [0.29, 0.717) is 18.0 Å². The lowest BCUT2D eigenvalue weighted by Crippen LogP contribution is -2.50. The molecule has 0 aromatic heterocycles. The second-order valence-corrected chi connectivity index (χ2v) is 6.18. The second kappa shape index (κ2) is 7.21. The molecule has 3 heteroatoms. The van der Waals surface area contributed by atoms with Crippen molar-refractivity contribution in [3.8, 4) is 0 Å². The minimum atomic E-state index is 0.0593. The van der Waals surface area contributed by atoms with Crippen molar-refractivity contribution in [3.63, 3.8) is 0 Å². The molecule has 0 aliphatic carbocycles. The van der Waals surface area contributed by atoms with Crippen molar-refractivity contribution in [1.29, 1.82) is 0 Å². The van der Waals surface area contributed by atoms with Gasteiger partial charge in [0.05, 0.1) is 0 Å². The van der Waals surface area contributed by atoms with E-state index in [-0.39, 0.29) is 6.04 Å². The average molecular weight is 276 g/mol. The smallest absolute Gasteiger partial charge is 0.0480 e. The van der Waals surface area contributed by atoms with Gasteiger partial charge in [-0.1, -0.05) is 44.2 Å². The summed E-state index contributed by atoms with van der Waals surface area (Å²) >= 11 is 0. The van der Waals surface area contributed by atoms with Gasteiger partial charge in [0.15, 0.2) is 0 Å². The molecule has 1 fully saturated rings. The zero-order chi connectivity index (χ0) is 14.5. The lowest BCUT2D eigenvalue weighted by Gasteiger charge is -2.42. The first kappa shape index (κ1) is 15.5. The normalized spacial score (nSPS) is 20.3. The summed E-state index contributed by atoms with van der Waals surface area (Å²) in [6.45, 7) is 6.29. The predicted octanol–water partition coefficient (Wildman–Crippen LogP) is 2.82. The van der Waals surface area contributed by atoms with Crippen LogP contribution in [0.25, 0.3) is 0 Å². The summed E-state index contributed by atoms with van der Waals surface area (Å²) in [7, 11) is 2.23. The highest BCUT2D eigenvalue weighted by atomic mass is 16.5. The minimum Gasteiger partial charge on any atom is -0.381 e. The zero-order valence-corrected chi connectivity index (χ0v) is 13.0. The lowest BCUT2D eigenvalue weighted by molar-refractivity contribution is 0.0144. The van der Waals surface area contributed by atoms with Crippen molar-refractivity contribution in [2.45, 2.75) is 44.8 Å². The Morgan fingerprint density at radius 2 is 1.75 bits per heavy atom. The highest BCUT2D eigenvalue weighted by Crippen LogP contribution is 2.27. The highest BCUT2D eigenvalue weighted by molar-refractivity contribution is 5.20. The molecule has 1 aromatic rings. The van der Waals surface area contributed by atoms with Gasteiger partial charge >= 0.3 is 0 Å². The van der Waals surface area contributed by atoms with Crippen LogP contribution in [0.5, 0.6) is 0 Å². The van der Waals surface area contributed by atoms with Gasteiger partial charge in [-0.05, 0) is 31.4 Å². The first-order valence-electron chi connectivity index (χ1n) is 7.71. The Hall–Kier alpha value is -0.900. The van der Waals surface area contributed by atoms with E-state index in [2.05, 4.69) is 50.1 Å². The highest BCUT2D eigenvalue weighted by Gasteiger charge is 2.31. The van der Waals surface area contributed by atoms with Crippen LogP contribution in [-0.4, -0.2) is 37.2 Å². The topological polar surface area (TPSA) is 38.5 Å². The van der Waals surface area contributed by atoms with Gasteiger partial charge in [-0.15, -0.1) is 0 Å². The van der Waals surface area contributed by atoms with E-state index in [4.69, 9.17) is 10.5 Å². The van der Waals surface area contributed by atoms with E-state index in [1.54, 1.807) is 0 Å². The number of hydrogen-bond donors (Lipinski definition) is 1. The number of ether oxygens (including phenoxy) is 1. The quantitative estimate of drug-likeness (QED) is 0.898. The molecule has 3 nitrogen and oxygen atoms in total. The summed E-state index contributed by atoms with van der Waals surface area (Å²) in [5.41, 5.74) is 7.80. The average Bonchev–Trinajstić information content (AvgIpc) is 2.48. The van der Waals surface area contributed by atoms with Crippen molar-refractivity contribution >= 4 is 0 Å². The lowest BCUT2D eigenvalue weighted by atomic mass is 9.89. The molecule has 1 aromatic carbocycles. The van der Waals surface area contributed by atoms with Crippen molar-refractivity contribution < 1.29 is 4.74 Å². The van der Waals surface area contributed by atoms with Crippen molar-refractivity contribution in [2.24, 2.45) is 11.7 Å². The molecule has 0 amide bonds. The molecule has 0 radical (unpaired) electrons. The molecule has 1 aliphatic heterocycles. The third-order valence-electron chi connectivity index (χ3n) is 4.47. The Kier molecular flexibility index (Phi) is 5.58. The van der Waals surface area contributed by atoms with Gasteiger partial charge in [-0.25, -0.2) is 0 Å². The monoisotopic (exact) mass is 276 g/mol. The van der Waals surface area contributed by atoms with Gasteiger partial charge in [0.2, 0.25) is 0 Å². The van der Waals surface area contributed by atoms with Gasteiger partial charge in [0, 0.05) is 31.3 Å². The predicted molar refractivity (Wildman–Crippen MR) is 83.6 cm³/mol. The van der Waals surface area contributed by atoms with Crippen LogP contribution >= 0.6 is 0 Å². The third-order valence-corrected chi connectivity index (χ3v) is 4.47. The van der Waals surface area contributed by atoms with Crippen LogP contribution in [0.1, 0.15) is 38.3 Å². The van der Waals surface area contributed by atoms with Gasteiger partial charge in [-0.3, -0.25) is 4.90 Å². The molecular formula is C17H28N2O. The SMILES string of the molecule is CC(C)C(C(N)c1ccccc1)N(C)C1CCOCC1. The molecule has 0 bridgehead atoms. The van der Waals surface area contributed by atoms with Crippen LogP contribution in [-0.2, 0) is 4.74 Å². The fourth-order valence-corrected chi connectivity index (χ4v) is 3.35. The molecule has 0 spiro atoms. The molecule has 2 unspecified atom stereocenters. The van der Waals surface area contributed by atoms with Crippen LogP contribution < -0.4 is 5.73 Å². The maximum absolute atomic E-state index is 6.57. The maximum Gasteiger partial charge on any atom is 0.0480 e. The Morgan fingerprint density at radius 3 is 2.30 bits per heavy atom. The maximum atomic E-state index is 6.57. The van der Waals surface area contributed by atoms with Crippen LogP contribution in [0.2, 0.25) is 0 Å². The molecule has 1 heterocycles. The molecule has 2 atom stereocenters. The number of nitrogens with zero attached hydrogens (tertiary/aromatic N) is 1. The number of rotatable bonds is 5. The van der Waals surface area contributed by atoms with Gasteiger partial charge in [-0.2, -0.15) is 0 Å². The van der Waals surface area contributed by atoms with Gasteiger partial charge in [0.1, 0.15) is 0 Å². The molecule has 1 aliphatic rings. The van der Waals surface area contributed by atoms with E-state index >= 15 is 0 Å².